The molecule has 1 unspecified atom stereocenters. The third kappa shape index (κ3) is 2.79. The first-order chi connectivity index (χ1) is 8.08. The van der Waals surface area contributed by atoms with Gasteiger partial charge in [0.1, 0.15) is 5.25 Å². The molecule has 1 aromatic heterocycles. The van der Waals surface area contributed by atoms with Gasteiger partial charge in [-0.25, -0.2) is 0 Å². The number of rotatable bonds is 3. The van der Waals surface area contributed by atoms with E-state index in [2.05, 4.69) is 20.9 Å². The maximum absolute atomic E-state index is 10.9. The zero-order chi connectivity index (χ0) is 12.4. The van der Waals surface area contributed by atoms with Crippen LogP contribution in [0.25, 0.3) is 10.9 Å². The minimum absolute atomic E-state index is 0.473. The van der Waals surface area contributed by atoms with Gasteiger partial charge >= 0.3 is 5.97 Å². The van der Waals surface area contributed by atoms with E-state index < -0.39 is 11.2 Å². The molecule has 2 aromatic rings. The molecule has 0 amide bonds. The van der Waals surface area contributed by atoms with Gasteiger partial charge in [0.25, 0.3) is 0 Å². The van der Waals surface area contributed by atoms with Gasteiger partial charge in [-0.15, -0.1) is 11.8 Å². The van der Waals surface area contributed by atoms with Crippen molar-refractivity contribution in [2.45, 2.75) is 17.1 Å². The van der Waals surface area contributed by atoms with Crippen molar-refractivity contribution in [3.05, 3.63) is 34.9 Å². The average Bonchev–Trinajstić information content (AvgIpc) is 2.29. The molecule has 1 N–H and O–H groups in total. The topological polar surface area (TPSA) is 50.2 Å². The summed E-state index contributed by atoms with van der Waals surface area (Å²) in [7, 11) is 0. The van der Waals surface area contributed by atoms with E-state index in [1.54, 1.807) is 13.1 Å². The van der Waals surface area contributed by atoms with Crippen LogP contribution in [0.2, 0.25) is 0 Å². The molecule has 0 bridgehead atoms. The highest BCUT2D eigenvalue weighted by molar-refractivity contribution is 9.10. The maximum atomic E-state index is 10.9. The maximum Gasteiger partial charge on any atom is 0.316 e. The second kappa shape index (κ2) is 5.06. The lowest BCUT2D eigenvalue weighted by Gasteiger charge is -2.08. The molecule has 3 nitrogen and oxygen atoms in total. The third-order valence-electron chi connectivity index (χ3n) is 2.32. The fourth-order valence-electron chi connectivity index (χ4n) is 1.44. The first kappa shape index (κ1) is 12.4. The largest absolute Gasteiger partial charge is 0.480 e. The molecule has 0 radical (unpaired) electrons. The summed E-state index contributed by atoms with van der Waals surface area (Å²) in [6.07, 6.45) is 1.70. The third-order valence-corrected chi connectivity index (χ3v) is 3.97. The number of halogens is 1. The number of benzene rings is 1. The van der Waals surface area contributed by atoms with Crippen molar-refractivity contribution < 1.29 is 9.90 Å². The summed E-state index contributed by atoms with van der Waals surface area (Å²) in [4.78, 5) is 16.1. The molecule has 0 aliphatic heterocycles. The lowest BCUT2D eigenvalue weighted by Crippen LogP contribution is -2.11. The molecule has 0 aliphatic rings. The highest BCUT2D eigenvalue weighted by atomic mass is 79.9. The van der Waals surface area contributed by atoms with Crippen molar-refractivity contribution in [3.63, 3.8) is 0 Å². The van der Waals surface area contributed by atoms with Crippen molar-refractivity contribution >= 4 is 44.6 Å². The van der Waals surface area contributed by atoms with Gasteiger partial charge in [0.05, 0.1) is 5.52 Å². The summed E-state index contributed by atoms with van der Waals surface area (Å²) in [6.45, 7) is 1.68. The van der Waals surface area contributed by atoms with Crippen LogP contribution in [0.1, 0.15) is 6.92 Å². The number of nitrogens with zero attached hydrogens (tertiary/aromatic N) is 1. The molecular formula is C12H10BrNO2S. The fraction of sp³-hybridized carbons (Fsp3) is 0.167. The molecule has 1 aromatic carbocycles. The van der Waals surface area contributed by atoms with Crippen LogP contribution in [0.4, 0.5) is 0 Å². The Bertz CT molecular complexity index is 573. The van der Waals surface area contributed by atoms with Gasteiger partial charge in [0.2, 0.25) is 0 Å². The second-order valence-electron chi connectivity index (χ2n) is 3.57. The van der Waals surface area contributed by atoms with Crippen LogP contribution in [0.5, 0.6) is 0 Å². The molecule has 0 saturated heterocycles. The van der Waals surface area contributed by atoms with Gasteiger partial charge in [0, 0.05) is 21.0 Å². The fourth-order valence-corrected chi connectivity index (χ4v) is 2.71. The zero-order valence-electron chi connectivity index (χ0n) is 9.05. The summed E-state index contributed by atoms with van der Waals surface area (Å²) < 4.78 is 0.961. The summed E-state index contributed by atoms with van der Waals surface area (Å²) in [5, 5.41) is 9.42. The van der Waals surface area contributed by atoms with Crippen LogP contribution in [0, 0.1) is 0 Å². The lowest BCUT2D eigenvalue weighted by molar-refractivity contribution is -0.136. The Labute approximate surface area is 111 Å². The highest BCUT2D eigenvalue weighted by Gasteiger charge is 2.14. The minimum Gasteiger partial charge on any atom is -0.480 e. The summed E-state index contributed by atoms with van der Waals surface area (Å²) >= 11 is 4.74. The van der Waals surface area contributed by atoms with Gasteiger partial charge in [0.15, 0.2) is 0 Å². The molecule has 0 saturated carbocycles. The van der Waals surface area contributed by atoms with Crippen molar-refractivity contribution in [1.82, 2.24) is 4.98 Å². The Hall–Kier alpha value is -1.07. The van der Waals surface area contributed by atoms with Crippen LogP contribution in [-0.4, -0.2) is 21.3 Å². The van der Waals surface area contributed by atoms with E-state index in [-0.39, 0.29) is 0 Å². The molecule has 88 valence electrons. The Kier molecular flexibility index (Phi) is 3.69. The van der Waals surface area contributed by atoms with Crippen LogP contribution in [0.15, 0.2) is 39.8 Å². The lowest BCUT2D eigenvalue weighted by atomic mass is 10.2. The SMILES string of the molecule is CC(Sc1ccnc2ccc(Br)cc12)C(=O)O. The molecular weight excluding hydrogens is 302 g/mol. The average molecular weight is 312 g/mol. The van der Waals surface area contributed by atoms with Gasteiger partial charge < -0.3 is 5.11 Å². The number of aliphatic carboxylic acids is 1. The first-order valence-electron chi connectivity index (χ1n) is 5.01. The standard InChI is InChI=1S/C12H10BrNO2S/c1-7(12(15)16)17-11-4-5-14-10-3-2-8(13)6-9(10)11/h2-7H,1H3,(H,15,16). The number of pyridine rings is 1. The highest BCUT2D eigenvalue weighted by Crippen LogP contribution is 2.31. The van der Waals surface area contributed by atoms with E-state index in [0.29, 0.717) is 0 Å². The predicted octanol–water partition coefficient (Wildman–Crippen LogP) is 3.56. The molecule has 17 heavy (non-hydrogen) atoms. The summed E-state index contributed by atoms with van der Waals surface area (Å²) in [5.74, 6) is -0.810. The number of carboxylic acid groups (broad SMARTS) is 1. The van der Waals surface area contributed by atoms with E-state index in [1.165, 1.54) is 11.8 Å². The van der Waals surface area contributed by atoms with E-state index in [0.717, 1.165) is 20.3 Å². The van der Waals surface area contributed by atoms with Crippen LogP contribution in [0.3, 0.4) is 0 Å². The normalized spacial score (nSPS) is 12.6. The Morgan fingerprint density at radius 3 is 2.94 bits per heavy atom. The molecule has 0 fully saturated rings. The van der Waals surface area contributed by atoms with Crippen LogP contribution < -0.4 is 0 Å². The number of fused-ring (bicyclic) bond motifs is 1. The van der Waals surface area contributed by atoms with Crippen molar-refractivity contribution in [3.8, 4) is 0 Å². The molecule has 0 aliphatic carbocycles. The van der Waals surface area contributed by atoms with Crippen LogP contribution in [-0.2, 0) is 4.79 Å². The molecule has 1 atom stereocenters. The van der Waals surface area contributed by atoms with E-state index >= 15 is 0 Å². The van der Waals surface area contributed by atoms with Crippen LogP contribution >= 0.6 is 27.7 Å². The second-order valence-corrected chi connectivity index (χ2v) is 5.87. The Morgan fingerprint density at radius 1 is 1.47 bits per heavy atom. The Balaban J connectivity index is 2.46. The molecule has 1 heterocycles. The number of thioether (sulfide) groups is 1. The monoisotopic (exact) mass is 311 g/mol. The predicted molar refractivity (Wildman–Crippen MR) is 72.4 cm³/mol. The zero-order valence-corrected chi connectivity index (χ0v) is 11.5. The van der Waals surface area contributed by atoms with Gasteiger partial charge in [-0.3, -0.25) is 9.78 Å². The van der Waals surface area contributed by atoms with Crippen molar-refractivity contribution in [1.29, 1.82) is 0 Å². The van der Waals surface area contributed by atoms with Gasteiger partial charge in [-0.1, -0.05) is 15.9 Å². The van der Waals surface area contributed by atoms with E-state index in [4.69, 9.17) is 5.11 Å². The summed E-state index contributed by atoms with van der Waals surface area (Å²) in [5.41, 5.74) is 0.871. The number of carboxylic acids is 1. The quantitative estimate of drug-likeness (QED) is 0.880. The molecule has 0 spiro atoms. The smallest absolute Gasteiger partial charge is 0.316 e. The van der Waals surface area contributed by atoms with Gasteiger partial charge in [-0.2, -0.15) is 0 Å². The van der Waals surface area contributed by atoms with Gasteiger partial charge in [-0.05, 0) is 31.2 Å². The Morgan fingerprint density at radius 2 is 2.24 bits per heavy atom. The molecule has 5 heteroatoms. The number of carbonyl (C=O) groups is 1. The molecule has 2 rings (SSSR count). The first-order valence-corrected chi connectivity index (χ1v) is 6.69. The van der Waals surface area contributed by atoms with E-state index in [1.807, 2.05) is 24.3 Å². The van der Waals surface area contributed by atoms with Crippen molar-refractivity contribution in [2.75, 3.05) is 0 Å². The minimum atomic E-state index is -0.810. The number of hydrogen-bond donors (Lipinski definition) is 1. The summed E-state index contributed by atoms with van der Waals surface area (Å²) in [6, 6.07) is 7.64. The van der Waals surface area contributed by atoms with Crippen molar-refractivity contribution in [2.24, 2.45) is 0 Å². The number of hydrogen-bond acceptors (Lipinski definition) is 3. The van der Waals surface area contributed by atoms with E-state index in [9.17, 15) is 4.79 Å². The number of aromatic nitrogens is 1.